The molecule has 0 bridgehead atoms. The number of aliphatic imine (C=N–C) groups is 1. The highest BCUT2D eigenvalue weighted by Gasteiger charge is 2.36. The summed E-state index contributed by atoms with van der Waals surface area (Å²) in [6.07, 6.45) is 3.36. The Morgan fingerprint density at radius 1 is 1.03 bits per heavy atom. The Kier molecular flexibility index (Phi) is 7.85. The first kappa shape index (κ1) is 25.6. The van der Waals surface area contributed by atoms with E-state index in [1.54, 1.807) is 18.5 Å². The SMILES string of the molecule is NC(=O)C(CCCC1CC1)N=C(c1ncccn1)N1CCN(C(=O)c2ccccc2C(F)(F)F)CC1. The Hall–Kier alpha value is -3.50. The Balaban J connectivity index is 1.50. The second-order valence-corrected chi connectivity index (χ2v) is 9.14. The molecule has 2 aliphatic rings. The number of carbonyl (C=O) groups excluding carboxylic acids is 2. The van der Waals surface area contributed by atoms with Crippen molar-refractivity contribution < 1.29 is 22.8 Å². The van der Waals surface area contributed by atoms with Gasteiger partial charge in [-0.3, -0.25) is 14.6 Å². The Morgan fingerprint density at radius 3 is 2.28 bits per heavy atom. The van der Waals surface area contributed by atoms with Crippen LogP contribution in [0.3, 0.4) is 0 Å². The van der Waals surface area contributed by atoms with Gasteiger partial charge in [-0.1, -0.05) is 37.8 Å². The summed E-state index contributed by atoms with van der Waals surface area (Å²) in [5.74, 6) is 0.248. The summed E-state index contributed by atoms with van der Waals surface area (Å²) in [4.78, 5) is 41.6. The van der Waals surface area contributed by atoms with Crippen LogP contribution in [0.4, 0.5) is 13.2 Å². The highest BCUT2D eigenvalue weighted by Crippen LogP contribution is 2.34. The summed E-state index contributed by atoms with van der Waals surface area (Å²) >= 11 is 0. The Labute approximate surface area is 207 Å². The number of carbonyl (C=O) groups is 2. The highest BCUT2D eigenvalue weighted by atomic mass is 19.4. The number of nitrogens with two attached hydrogens (primary N) is 1. The molecule has 1 saturated heterocycles. The molecule has 1 atom stereocenters. The molecule has 1 saturated carbocycles. The molecule has 36 heavy (non-hydrogen) atoms. The predicted octanol–water partition coefficient (Wildman–Crippen LogP) is 3.13. The van der Waals surface area contributed by atoms with Crippen LogP contribution in [0.15, 0.2) is 47.7 Å². The van der Waals surface area contributed by atoms with Crippen molar-refractivity contribution >= 4 is 17.6 Å². The van der Waals surface area contributed by atoms with Gasteiger partial charge in [0, 0.05) is 38.6 Å². The van der Waals surface area contributed by atoms with Gasteiger partial charge >= 0.3 is 6.18 Å². The van der Waals surface area contributed by atoms with Gasteiger partial charge in [-0.15, -0.1) is 0 Å². The molecular weight excluding hydrogens is 473 g/mol. The lowest BCUT2D eigenvalue weighted by Gasteiger charge is -2.36. The molecule has 4 rings (SSSR count). The van der Waals surface area contributed by atoms with Gasteiger partial charge in [0.25, 0.3) is 5.91 Å². The number of primary amides is 1. The van der Waals surface area contributed by atoms with E-state index < -0.39 is 29.6 Å². The lowest BCUT2D eigenvalue weighted by molar-refractivity contribution is -0.138. The molecule has 2 N–H and O–H groups in total. The van der Waals surface area contributed by atoms with Crippen LogP contribution in [0.5, 0.6) is 0 Å². The molecule has 2 fully saturated rings. The number of hydrogen-bond donors (Lipinski definition) is 1. The molecule has 2 heterocycles. The van der Waals surface area contributed by atoms with E-state index in [2.05, 4.69) is 15.0 Å². The van der Waals surface area contributed by atoms with Gasteiger partial charge in [-0.05, 0) is 30.5 Å². The zero-order valence-electron chi connectivity index (χ0n) is 19.8. The van der Waals surface area contributed by atoms with Crippen molar-refractivity contribution in [3.8, 4) is 0 Å². The van der Waals surface area contributed by atoms with Crippen molar-refractivity contribution in [2.45, 2.75) is 44.3 Å². The molecule has 0 radical (unpaired) electrons. The first-order valence-electron chi connectivity index (χ1n) is 12.1. The molecule has 1 aromatic carbocycles. The molecule has 192 valence electrons. The maximum atomic E-state index is 13.4. The summed E-state index contributed by atoms with van der Waals surface area (Å²) in [7, 11) is 0. The average molecular weight is 503 g/mol. The predicted molar refractivity (Wildman–Crippen MR) is 127 cm³/mol. The van der Waals surface area contributed by atoms with Crippen LogP contribution < -0.4 is 5.73 Å². The summed E-state index contributed by atoms with van der Waals surface area (Å²) in [5.41, 5.74) is 4.33. The number of benzene rings is 1. The maximum absolute atomic E-state index is 13.4. The summed E-state index contributed by atoms with van der Waals surface area (Å²) in [6.45, 7) is 0.953. The lowest BCUT2D eigenvalue weighted by Crippen LogP contribution is -2.51. The molecule has 1 unspecified atom stereocenters. The minimum absolute atomic E-state index is 0.180. The van der Waals surface area contributed by atoms with Crippen LogP contribution in [-0.4, -0.2) is 69.6 Å². The second kappa shape index (κ2) is 11.0. The van der Waals surface area contributed by atoms with Crippen LogP contribution in [0.25, 0.3) is 0 Å². The largest absolute Gasteiger partial charge is 0.417 e. The van der Waals surface area contributed by atoms with Gasteiger partial charge in [-0.25, -0.2) is 9.97 Å². The summed E-state index contributed by atoms with van der Waals surface area (Å²) in [6, 6.07) is 5.72. The number of alkyl halides is 3. The van der Waals surface area contributed by atoms with E-state index in [-0.39, 0.29) is 18.7 Å². The van der Waals surface area contributed by atoms with Crippen molar-refractivity contribution in [3.63, 3.8) is 0 Å². The van der Waals surface area contributed by atoms with Gasteiger partial charge < -0.3 is 15.5 Å². The van der Waals surface area contributed by atoms with Crippen molar-refractivity contribution in [2.24, 2.45) is 16.6 Å². The number of amides is 2. The summed E-state index contributed by atoms with van der Waals surface area (Å²) in [5, 5.41) is 0. The minimum atomic E-state index is -4.62. The molecule has 8 nitrogen and oxygen atoms in total. The molecule has 11 heteroatoms. The van der Waals surface area contributed by atoms with E-state index in [1.165, 1.54) is 35.9 Å². The fourth-order valence-corrected chi connectivity index (χ4v) is 4.33. The molecule has 1 aliphatic carbocycles. The van der Waals surface area contributed by atoms with Crippen LogP contribution in [-0.2, 0) is 11.0 Å². The van der Waals surface area contributed by atoms with Gasteiger partial charge in [0.2, 0.25) is 5.91 Å². The zero-order chi connectivity index (χ0) is 25.7. The summed E-state index contributed by atoms with van der Waals surface area (Å²) < 4.78 is 40.2. The van der Waals surface area contributed by atoms with E-state index in [0.29, 0.717) is 31.2 Å². The number of aromatic nitrogens is 2. The molecule has 0 spiro atoms. The van der Waals surface area contributed by atoms with Crippen molar-refractivity contribution in [3.05, 3.63) is 59.7 Å². The number of amidine groups is 1. The Morgan fingerprint density at radius 2 is 1.67 bits per heavy atom. The van der Waals surface area contributed by atoms with Crippen LogP contribution in [0.2, 0.25) is 0 Å². The highest BCUT2D eigenvalue weighted by molar-refractivity contribution is 5.98. The third kappa shape index (κ3) is 6.38. The fraction of sp³-hybridized carbons (Fsp3) is 0.480. The third-order valence-corrected chi connectivity index (χ3v) is 6.49. The van der Waals surface area contributed by atoms with Crippen molar-refractivity contribution in [1.82, 2.24) is 19.8 Å². The third-order valence-electron chi connectivity index (χ3n) is 6.49. The van der Waals surface area contributed by atoms with Gasteiger partial charge in [0.1, 0.15) is 6.04 Å². The van der Waals surface area contributed by atoms with Gasteiger partial charge in [0.05, 0.1) is 11.1 Å². The van der Waals surface area contributed by atoms with E-state index in [1.807, 2.05) is 4.90 Å². The van der Waals surface area contributed by atoms with Crippen molar-refractivity contribution in [2.75, 3.05) is 26.2 Å². The van der Waals surface area contributed by atoms with Crippen LogP contribution in [0, 0.1) is 5.92 Å². The molecule has 1 aliphatic heterocycles. The topological polar surface area (TPSA) is 105 Å². The monoisotopic (exact) mass is 502 g/mol. The first-order valence-corrected chi connectivity index (χ1v) is 12.1. The normalized spacial score (nSPS) is 17.7. The molecule has 2 amide bonds. The van der Waals surface area contributed by atoms with Crippen molar-refractivity contribution in [1.29, 1.82) is 0 Å². The maximum Gasteiger partial charge on any atom is 0.417 e. The number of piperazine rings is 1. The molecular formula is C25H29F3N6O2. The van der Waals surface area contributed by atoms with Gasteiger partial charge in [0.15, 0.2) is 11.7 Å². The van der Waals surface area contributed by atoms with E-state index in [4.69, 9.17) is 5.73 Å². The quantitative estimate of drug-likeness (QED) is 0.441. The number of rotatable bonds is 8. The number of nitrogens with zero attached hydrogens (tertiary/aromatic N) is 5. The zero-order valence-corrected chi connectivity index (χ0v) is 19.8. The minimum Gasteiger partial charge on any atom is -0.368 e. The fourth-order valence-electron chi connectivity index (χ4n) is 4.33. The van der Waals surface area contributed by atoms with E-state index in [9.17, 15) is 22.8 Å². The standard InChI is InChI=1S/C25H29F3N6O2/c26-25(27,28)19-7-2-1-6-18(19)24(36)34-15-13-33(14-16-34)23(22-30-11-4-12-31-22)32-20(21(29)35)8-3-5-17-9-10-17/h1-2,4,6-7,11-12,17,20H,3,5,8-10,13-16H2,(H2,29,35). The van der Waals surface area contributed by atoms with E-state index >= 15 is 0 Å². The van der Waals surface area contributed by atoms with Crippen LogP contribution in [0.1, 0.15) is 53.8 Å². The van der Waals surface area contributed by atoms with Gasteiger partial charge in [-0.2, -0.15) is 13.2 Å². The van der Waals surface area contributed by atoms with E-state index in [0.717, 1.165) is 24.8 Å². The lowest BCUT2D eigenvalue weighted by atomic mass is 10.1. The number of halogens is 3. The smallest absolute Gasteiger partial charge is 0.368 e. The first-order chi connectivity index (χ1) is 17.2. The second-order valence-electron chi connectivity index (χ2n) is 9.14. The van der Waals surface area contributed by atoms with Crippen LogP contribution >= 0.6 is 0 Å². The molecule has 1 aromatic heterocycles. The number of hydrogen-bond acceptors (Lipinski definition) is 5. The average Bonchev–Trinajstić information content (AvgIpc) is 3.70. The molecule has 2 aromatic rings. The Bertz CT molecular complexity index is 1100.